The fraction of sp³-hybridized carbons (Fsp3) is 0.500. The summed E-state index contributed by atoms with van der Waals surface area (Å²) < 4.78 is 0. The van der Waals surface area contributed by atoms with Gasteiger partial charge >= 0.3 is 0 Å². The van der Waals surface area contributed by atoms with Crippen molar-refractivity contribution in [2.24, 2.45) is 5.92 Å². The number of rotatable bonds is 2. The summed E-state index contributed by atoms with van der Waals surface area (Å²) in [6.07, 6.45) is 5.19. The zero-order chi connectivity index (χ0) is 12.3. The predicted molar refractivity (Wildman–Crippen MR) is 73.4 cm³/mol. The Bertz CT molecular complexity index is 438. The van der Waals surface area contributed by atoms with Crippen molar-refractivity contribution in [2.45, 2.75) is 42.8 Å². The monoisotopic (exact) mass is 265 g/mol. The number of hydrogen-bond acceptors (Lipinski definition) is 2. The summed E-state index contributed by atoms with van der Waals surface area (Å²) in [5, 5.41) is 10.4. The molecule has 0 bridgehead atoms. The summed E-state index contributed by atoms with van der Waals surface area (Å²) in [7, 11) is 0. The summed E-state index contributed by atoms with van der Waals surface area (Å²) in [4.78, 5) is 1.08. The minimum Gasteiger partial charge on any atom is -0.192 e. The standard InChI is InChI=1S/C14H16ClNS/c1-10-3-2-4-13(7-10)17-14-6-5-12(15)8-11(14)9-16/h5-6,8,10,13H,2-4,7H2,1H3. The number of halogens is 1. The Morgan fingerprint density at radius 1 is 1.41 bits per heavy atom. The number of thioether (sulfide) groups is 1. The number of hydrogen-bond donors (Lipinski definition) is 0. The maximum Gasteiger partial charge on any atom is 0.100 e. The van der Waals surface area contributed by atoms with Crippen LogP contribution in [0.4, 0.5) is 0 Å². The van der Waals surface area contributed by atoms with Gasteiger partial charge in [0, 0.05) is 15.2 Å². The highest BCUT2D eigenvalue weighted by Crippen LogP contribution is 2.37. The van der Waals surface area contributed by atoms with Crippen LogP contribution in [0.15, 0.2) is 23.1 Å². The summed E-state index contributed by atoms with van der Waals surface area (Å²) in [5.74, 6) is 0.819. The van der Waals surface area contributed by atoms with E-state index in [-0.39, 0.29) is 0 Å². The second kappa shape index (κ2) is 5.80. The smallest absolute Gasteiger partial charge is 0.100 e. The van der Waals surface area contributed by atoms with Crippen molar-refractivity contribution in [3.05, 3.63) is 28.8 Å². The first-order chi connectivity index (χ1) is 8.19. The maximum atomic E-state index is 9.10. The molecule has 2 unspecified atom stereocenters. The molecule has 1 nitrogen and oxygen atoms in total. The van der Waals surface area contributed by atoms with Gasteiger partial charge in [0.25, 0.3) is 0 Å². The largest absolute Gasteiger partial charge is 0.192 e. The number of benzene rings is 1. The summed E-state index contributed by atoms with van der Waals surface area (Å²) in [6.45, 7) is 2.32. The molecule has 0 aromatic heterocycles. The summed E-state index contributed by atoms with van der Waals surface area (Å²) in [6, 6.07) is 7.84. The highest BCUT2D eigenvalue weighted by atomic mass is 35.5. The molecule has 3 heteroatoms. The van der Waals surface area contributed by atoms with Crippen LogP contribution in [0.1, 0.15) is 38.2 Å². The van der Waals surface area contributed by atoms with E-state index in [2.05, 4.69) is 13.0 Å². The van der Waals surface area contributed by atoms with Gasteiger partial charge in [0.05, 0.1) is 5.56 Å². The predicted octanol–water partition coefficient (Wildman–Crippen LogP) is 4.88. The molecule has 0 heterocycles. The zero-order valence-corrected chi connectivity index (χ0v) is 11.5. The third-order valence-corrected chi connectivity index (χ3v) is 4.85. The van der Waals surface area contributed by atoms with Crippen molar-refractivity contribution in [1.82, 2.24) is 0 Å². The van der Waals surface area contributed by atoms with Crippen LogP contribution < -0.4 is 0 Å². The van der Waals surface area contributed by atoms with Crippen molar-refractivity contribution in [3.63, 3.8) is 0 Å². The maximum absolute atomic E-state index is 9.10. The Balaban J connectivity index is 2.10. The van der Waals surface area contributed by atoms with Crippen molar-refractivity contribution in [1.29, 1.82) is 5.26 Å². The van der Waals surface area contributed by atoms with E-state index in [0.717, 1.165) is 10.8 Å². The molecule has 1 aliphatic rings. The molecular weight excluding hydrogens is 250 g/mol. The molecule has 0 spiro atoms. The summed E-state index contributed by atoms with van der Waals surface area (Å²) in [5.41, 5.74) is 0.709. The highest BCUT2D eigenvalue weighted by Gasteiger charge is 2.20. The van der Waals surface area contributed by atoms with Gasteiger partial charge in [0.1, 0.15) is 6.07 Å². The van der Waals surface area contributed by atoms with Crippen LogP contribution in [0.25, 0.3) is 0 Å². The Morgan fingerprint density at radius 2 is 2.24 bits per heavy atom. The van der Waals surface area contributed by atoms with E-state index in [9.17, 15) is 0 Å². The molecule has 0 N–H and O–H groups in total. The second-order valence-electron chi connectivity index (χ2n) is 4.76. The van der Waals surface area contributed by atoms with Crippen LogP contribution in [0.3, 0.4) is 0 Å². The molecule has 0 radical (unpaired) electrons. The van der Waals surface area contributed by atoms with Crippen LogP contribution in [0.5, 0.6) is 0 Å². The van der Waals surface area contributed by atoms with Crippen molar-refractivity contribution >= 4 is 23.4 Å². The minimum atomic E-state index is 0.642. The van der Waals surface area contributed by atoms with Gasteiger partial charge in [0.2, 0.25) is 0 Å². The normalized spacial score (nSPS) is 24.3. The first-order valence-corrected chi connectivity index (χ1v) is 7.31. The Morgan fingerprint density at radius 3 is 2.94 bits per heavy atom. The van der Waals surface area contributed by atoms with E-state index in [0.29, 0.717) is 15.8 Å². The Kier molecular flexibility index (Phi) is 4.36. The molecule has 90 valence electrons. The lowest BCUT2D eigenvalue weighted by Crippen LogP contribution is -2.15. The highest BCUT2D eigenvalue weighted by molar-refractivity contribution is 8.00. The quantitative estimate of drug-likeness (QED) is 0.761. The van der Waals surface area contributed by atoms with Gasteiger partial charge in [-0.25, -0.2) is 0 Å². The molecule has 2 atom stereocenters. The third-order valence-electron chi connectivity index (χ3n) is 3.24. The third kappa shape index (κ3) is 3.40. The van der Waals surface area contributed by atoms with Gasteiger partial charge in [-0.15, -0.1) is 11.8 Å². The molecule has 2 rings (SSSR count). The SMILES string of the molecule is CC1CCCC(Sc2ccc(Cl)cc2C#N)C1. The van der Waals surface area contributed by atoms with Crippen LogP contribution in [0.2, 0.25) is 5.02 Å². The van der Waals surface area contributed by atoms with Crippen LogP contribution >= 0.6 is 23.4 Å². The van der Waals surface area contributed by atoms with Crippen LogP contribution in [-0.2, 0) is 0 Å². The van der Waals surface area contributed by atoms with Crippen molar-refractivity contribution in [2.75, 3.05) is 0 Å². The lowest BCUT2D eigenvalue weighted by Gasteiger charge is -2.26. The van der Waals surface area contributed by atoms with E-state index in [1.54, 1.807) is 6.07 Å². The average molecular weight is 266 g/mol. The summed E-state index contributed by atoms with van der Waals surface area (Å²) >= 11 is 7.75. The number of nitriles is 1. The van der Waals surface area contributed by atoms with Gasteiger partial charge in [-0.3, -0.25) is 0 Å². The number of nitrogens with zero attached hydrogens (tertiary/aromatic N) is 1. The molecule has 17 heavy (non-hydrogen) atoms. The van der Waals surface area contributed by atoms with Gasteiger partial charge in [-0.1, -0.05) is 31.4 Å². The topological polar surface area (TPSA) is 23.8 Å². The van der Waals surface area contributed by atoms with Crippen LogP contribution in [0, 0.1) is 17.2 Å². The van der Waals surface area contributed by atoms with Gasteiger partial charge in [0.15, 0.2) is 0 Å². The lowest BCUT2D eigenvalue weighted by atomic mass is 9.91. The van der Waals surface area contributed by atoms with Gasteiger partial charge in [-0.05, 0) is 37.0 Å². The molecular formula is C14H16ClNS. The van der Waals surface area contributed by atoms with E-state index >= 15 is 0 Å². The lowest BCUT2D eigenvalue weighted by molar-refractivity contribution is 0.394. The fourth-order valence-electron chi connectivity index (χ4n) is 2.36. The van der Waals surface area contributed by atoms with Crippen molar-refractivity contribution in [3.8, 4) is 6.07 Å². The molecule has 0 amide bonds. The van der Waals surface area contributed by atoms with Gasteiger partial charge in [-0.2, -0.15) is 5.26 Å². The molecule has 0 saturated heterocycles. The average Bonchev–Trinajstić information content (AvgIpc) is 2.31. The van der Waals surface area contributed by atoms with E-state index in [1.165, 1.54) is 25.7 Å². The van der Waals surface area contributed by atoms with E-state index in [4.69, 9.17) is 16.9 Å². The fourth-order valence-corrected chi connectivity index (χ4v) is 3.98. The van der Waals surface area contributed by atoms with Crippen LogP contribution in [-0.4, -0.2) is 5.25 Å². The minimum absolute atomic E-state index is 0.642. The second-order valence-corrected chi connectivity index (χ2v) is 6.54. The first-order valence-electron chi connectivity index (χ1n) is 6.05. The molecule has 1 aromatic carbocycles. The molecule has 1 fully saturated rings. The molecule has 1 saturated carbocycles. The zero-order valence-electron chi connectivity index (χ0n) is 9.95. The van der Waals surface area contributed by atoms with E-state index < -0.39 is 0 Å². The van der Waals surface area contributed by atoms with E-state index in [1.807, 2.05) is 23.9 Å². The van der Waals surface area contributed by atoms with Gasteiger partial charge < -0.3 is 0 Å². The molecule has 0 aliphatic heterocycles. The first kappa shape index (κ1) is 12.8. The molecule has 1 aliphatic carbocycles. The van der Waals surface area contributed by atoms with Crippen molar-refractivity contribution < 1.29 is 0 Å². The Labute approximate surface area is 112 Å². The molecule has 1 aromatic rings. The Hall–Kier alpha value is -0.650.